The number of hydrogen-bond acceptors (Lipinski definition) is 5. The average Bonchev–Trinajstić information content (AvgIpc) is 3.16. The Morgan fingerprint density at radius 1 is 0.596 bits per heavy atom. The molecule has 0 aliphatic heterocycles. The number of allylic oxidation sites excluding steroid dienone is 9. The molecule has 3 atom stereocenters. The first-order valence-corrected chi connectivity index (χ1v) is 24.7. The van der Waals surface area contributed by atoms with E-state index in [-0.39, 0.29) is 19.1 Å². The van der Waals surface area contributed by atoms with Crippen LogP contribution in [0.1, 0.15) is 187 Å². The van der Waals surface area contributed by atoms with Gasteiger partial charge in [-0.2, -0.15) is 0 Å². The van der Waals surface area contributed by atoms with Crippen LogP contribution in [-0.4, -0.2) is 73.4 Å². The van der Waals surface area contributed by atoms with Crippen molar-refractivity contribution >= 4 is 13.7 Å². The quantitative estimate of drug-likeness (QED) is 0.0245. The van der Waals surface area contributed by atoms with Crippen molar-refractivity contribution in [3.63, 3.8) is 0 Å². The molecule has 3 unspecified atom stereocenters. The highest BCUT2D eigenvalue weighted by Gasteiger charge is 2.27. The fourth-order valence-electron chi connectivity index (χ4n) is 6.21. The van der Waals surface area contributed by atoms with E-state index in [1.807, 2.05) is 27.2 Å². The van der Waals surface area contributed by atoms with Crippen LogP contribution in [0.3, 0.4) is 0 Å². The van der Waals surface area contributed by atoms with Crippen molar-refractivity contribution in [1.29, 1.82) is 0 Å². The number of rotatable bonds is 41. The monoisotopic (exact) mass is 822 g/mol. The minimum Gasteiger partial charge on any atom is -0.387 e. The Morgan fingerprint density at radius 3 is 1.56 bits per heavy atom. The normalized spacial score (nSPS) is 14.9. The van der Waals surface area contributed by atoms with Crippen LogP contribution in [0.15, 0.2) is 60.8 Å². The molecule has 0 radical (unpaired) electrons. The largest absolute Gasteiger partial charge is 0.472 e. The van der Waals surface area contributed by atoms with Crippen molar-refractivity contribution in [2.75, 3.05) is 40.9 Å². The van der Waals surface area contributed by atoms with E-state index in [1.165, 1.54) is 109 Å². The first kappa shape index (κ1) is 55.2. The molecule has 0 rings (SSSR count). The Morgan fingerprint density at radius 2 is 1.04 bits per heavy atom. The number of amides is 1. The van der Waals surface area contributed by atoms with Gasteiger partial charge in [-0.3, -0.25) is 13.8 Å². The summed E-state index contributed by atoms with van der Waals surface area (Å²) in [7, 11) is 1.54. The molecule has 9 heteroatoms. The molecule has 0 bridgehead atoms. The number of unbranched alkanes of at least 4 members (excludes halogenated alkanes) is 20. The summed E-state index contributed by atoms with van der Waals surface area (Å²) < 4.78 is 23.5. The van der Waals surface area contributed by atoms with Gasteiger partial charge in [0.15, 0.2) is 0 Å². The molecule has 1 amide bonds. The van der Waals surface area contributed by atoms with Gasteiger partial charge in [0.25, 0.3) is 0 Å². The zero-order valence-electron chi connectivity index (χ0n) is 37.6. The Labute approximate surface area is 351 Å². The smallest absolute Gasteiger partial charge is 0.387 e. The lowest BCUT2D eigenvalue weighted by Gasteiger charge is -2.25. The summed E-state index contributed by atoms with van der Waals surface area (Å²) in [6, 6.07) is -0.871. The van der Waals surface area contributed by atoms with Crippen molar-refractivity contribution in [3.8, 4) is 0 Å². The fourth-order valence-corrected chi connectivity index (χ4v) is 6.94. The van der Waals surface area contributed by atoms with Gasteiger partial charge in [-0.15, -0.1) is 0 Å². The fraction of sp³-hybridized carbons (Fsp3) is 0.771. The highest BCUT2D eigenvalue weighted by Crippen LogP contribution is 2.43. The summed E-state index contributed by atoms with van der Waals surface area (Å²) in [5, 5.41) is 13.8. The molecule has 0 aromatic rings. The molecule has 0 saturated carbocycles. The summed E-state index contributed by atoms with van der Waals surface area (Å²) in [6.07, 6.45) is 51.6. The van der Waals surface area contributed by atoms with Gasteiger partial charge >= 0.3 is 7.82 Å². The van der Waals surface area contributed by atoms with E-state index in [0.29, 0.717) is 17.4 Å². The van der Waals surface area contributed by atoms with Crippen molar-refractivity contribution in [2.24, 2.45) is 0 Å². The van der Waals surface area contributed by atoms with E-state index in [9.17, 15) is 19.4 Å². The van der Waals surface area contributed by atoms with Crippen LogP contribution < -0.4 is 5.32 Å². The maximum Gasteiger partial charge on any atom is 0.472 e. The molecule has 0 aromatic carbocycles. The first-order valence-electron chi connectivity index (χ1n) is 23.2. The minimum absolute atomic E-state index is 0.0510. The Hall–Kier alpha value is -1.80. The lowest BCUT2D eigenvalue weighted by Crippen LogP contribution is -2.45. The third kappa shape index (κ3) is 42.1. The van der Waals surface area contributed by atoms with Gasteiger partial charge in [0, 0.05) is 6.42 Å². The van der Waals surface area contributed by atoms with Crippen LogP contribution in [0.25, 0.3) is 0 Å². The molecule has 0 aliphatic carbocycles. The van der Waals surface area contributed by atoms with Crippen LogP contribution in [0, 0.1) is 0 Å². The van der Waals surface area contributed by atoms with Crippen LogP contribution in [-0.2, 0) is 18.4 Å². The summed E-state index contributed by atoms with van der Waals surface area (Å²) in [4.78, 5) is 23.1. The number of likely N-dealkylation sites (N-methyl/N-ethyl adjacent to an activating group) is 1. The molecule has 3 N–H and O–H groups in total. The standard InChI is InChI=1S/C48H89N2O6P/c1-6-8-10-12-14-16-18-20-21-22-23-24-25-26-27-28-29-30-32-34-36-38-40-42-48(52)49-46(45-56-57(53,54)55-44-43-50(3,4)5)47(51)41-39-37-35-33-31-19-17-15-13-11-9-7-2/h13,15,18,20,22-23,31,33,39,41,46-47,51H,6-12,14,16-17,19,21,24-30,32,34-38,40,42-45H2,1-5H3,(H-,49,52,53,54)/p+1/b15-13+,20-18-,23-22-,33-31+,41-39+. The van der Waals surface area contributed by atoms with E-state index < -0.39 is 20.0 Å². The molecule has 332 valence electrons. The summed E-state index contributed by atoms with van der Waals surface area (Å²) in [6.45, 7) is 4.71. The topological polar surface area (TPSA) is 105 Å². The van der Waals surface area contributed by atoms with Gasteiger partial charge < -0.3 is 19.8 Å². The molecule has 57 heavy (non-hydrogen) atoms. The Bertz CT molecular complexity index is 1110. The van der Waals surface area contributed by atoms with Crippen molar-refractivity contribution in [2.45, 2.75) is 199 Å². The van der Waals surface area contributed by atoms with E-state index in [4.69, 9.17) is 9.05 Å². The SMILES string of the molecule is CCCC/C=C/CC/C=C/CC/C=C/C(O)C(COP(=O)(O)OCC[N+](C)(C)C)NC(=O)CCCCCCCCCCCCC/C=C\C/C=C\CCCCCCC. The van der Waals surface area contributed by atoms with E-state index >= 15 is 0 Å². The third-order valence-electron chi connectivity index (χ3n) is 9.94. The predicted molar refractivity (Wildman–Crippen MR) is 244 cm³/mol. The molecule has 0 aliphatic rings. The second kappa shape index (κ2) is 39.6. The van der Waals surface area contributed by atoms with E-state index in [2.05, 4.69) is 67.8 Å². The van der Waals surface area contributed by atoms with Gasteiger partial charge in [0.1, 0.15) is 13.2 Å². The number of nitrogens with one attached hydrogen (secondary N) is 1. The Kier molecular flexibility index (Phi) is 38.4. The van der Waals surface area contributed by atoms with Crippen molar-refractivity contribution in [1.82, 2.24) is 5.32 Å². The minimum atomic E-state index is -4.35. The lowest BCUT2D eigenvalue weighted by atomic mass is 10.0. The maximum absolute atomic E-state index is 12.9. The number of carbonyl (C=O) groups is 1. The zero-order valence-corrected chi connectivity index (χ0v) is 38.5. The van der Waals surface area contributed by atoms with Crippen molar-refractivity contribution < 1.29 is 32.9 Å². The molecule has 0 heterocycles. The number of quaternary nitrogens is 1. The van der Waals surface area contributed by atoms with Gasteiger partial charge in [-0.05, 0) is 70.6 Å². The molecular formula is C48H90N2O6P+. The van der Waals surface area contributed by atoms with Gasteiger partial charge in [0.05, 0.1) is 39.9 Å². The second-order valence-corrected chi connectivity index (χ2v) is 18.2. The van der Waals surface area contributed by atoms with Gasteiger partial charge in [-0.25, -0.2) is 4.57 Å². The third-order valence-corrected chi connectivity index (χ3v) is 10.9. The van der Waals surface area contributed by atoms with E-state index in [0.717, 1.165) is 57.8 Å². The van der Waals surface area contributed by atoms with Gasteiger partial charge in [-0.1, -0.05) is 171 Å². The maximum atomic E-state index is 12.9. The van der Waals surface area contributed by atoms with Crippen molar-refractivity contribution in [3.05, 3.63) is 60.8 Å². The van der Waals surface area contributed by atoms with Crippen LogP contribution in [0.4, 0.5) is 0 Å². The lowest BCUT2D eigenvalue weighted by molar-refractivity contribution is -0.870. The number of aliphatic hydroxyl groups is 1. The number of phosphoric acid groups is 1. The number of nitrogens with zero attached hydrogens (tertiary/aromatic N) is 1. The molecule has 0 fully saturated rings. The predicted octanol–water partition coefficient (Wildman–Crippen LogP) is 13.0. The van der Waals surface area contributed by atoms with Crippen LogP contribution in [0.2, 0.25) is 0 Å². The molecule has 0 spiro atoms. The highest BCUT2D eigenvalue weighted by molar-refractivity contribution is 7.47. The van der Waals surface area contributed by atoms with E-state index in [1.54, 1.807) is 6.08 Å². The molecular weight excluding hydrogens is 732 g/mol. The van der Waals surface area contributed by atoms with Crippen LogP contribution >= 0.6 is 7.82 Å². The average molecular weight is 822 g/mol. The first-order chi connectivity index (χ1) is 27.5. The number of phosphoric ester groups is 1. The number of aliphatic hydroxyl groups excluding tert-OH is 1. The molecule has 8 nitrogen and oxygen atoms in total. The number of hydrogen-bond donors (Lipinski definition) is 3. The van der Waals surface area contributed by atoms with Gasteiger partial charge in [0.2, 0.25) is 5.91 Å². The summed E-state index contributed by atoms with van der Waals surface area (Å²) in [5.74, 6) is -0.197. The highest BCUT2D eigenvalue weighted by atomic mass is 31.2. The summed E-state index contributed by atoms with van der Waals surface area (Å²) >= 11 is 0. The zero-order chi connectivity index (χ0) is 42.1. The molecule has 0 aromatic heterocycles. The second-order valence-electron chi connectivity index (χ2n) is 16.8. The van der Waals surface area contributed by atoms with Crippen LogP contribution in [0.5, 0.6) is 0 Å². The Balaban J connectivity index is 4.33. The molecule has 0 saturated heterocycles. The number of carbonyl (C=O) groups excluding carboxylic acids is 1. The summed E-state index contributed by atoms with van der Waals surface area (Å²) in [5.41, 5.74) is 0.